The Morgan fingerprint density at radius 1 is 1.44 bits per heavy atom. The van der Waals surface area contributed by atoms with Gasteiger partial charge in [-0.1, -0.05) is 0 Å². The Bertz CT molecular complexity index is 345. The fourth-order valence-electron chi connectivity index (χ4n) is 3.03. The molecule has 18 heavy (non-hydrogen) atoms. The molecule has 2 rings (SSSR count). The van der Waals surface area contributed by atoms with Crippen molar-refractivity contribution in [3.05, 3.63) is 0 Å². The van der Waals surface area contributed by atoms with Crippen LogP contribution < -0.4 is 0 Å². The monoisotopic (exact) mass is 257 g/mol. The van der Waals surface area contributed by atoms with Gasteiger partial charge in [-0.3, -0.25) is 14.5 Å². The zero-order valence-electron chi connectivity index (χ0n) is 10.9. The maximum Gasteiger partial charge on any atom is 0.317 e. The highest BCUT2D eigenvalue weighted by molar-refractivity contribution is 6.01. The number of rotatable bonds is 4. The molecule has 102 valence electrons. The first-order chi connectivity index (χ1) is 8.60. The van der Waals surface area contributed by atoms with Crippen molar-refractivity contribution in [1.29, 1.82) is 0 Å². The number of esters is 1. The van der Waals surface area contributed by atoms with Crippen molar-refractivity contribution in [3.63, 3.8) is 0 Å². The molecule has 2 aliphatic heterocycles. The average Bonchev–Trinajstić information content (AvgIpc) is 2.56. The second kappa shape index (κ2) is 5.34. The number of hydrogen-bond acceptors (Lipinski definition) is 6. The molecule has 2 heterocycles. The van der Waals surface area contributed by atoms with Crippen molar-refractivity contribution >= 4 is 11.8 Å². The molecule has 0 saturated carbocycles. The van der Waals surface area contributed by atoms with Gasteiger partial charge in [0, 0.05) is 19.6 Å². The van der Waals surface area contributed by atoms with E-state index < -0.39 is 11.9 Å². The van der Waals surface area contributed by atoms with E-state index in [1.54, 1.807) is 7.11 Å². The molecule has 4 atom stereocenters. The van der Waals surface area contributed by atoms with Crippen molar-refractivity contribution in [2.75, 3.05) is 28.1 Å². The zero-order chi connectivity index (χ0) is 13.3. The van der Waals surface area contributed by atoms with E-state index in [2.05, 4.69) is 4.90 Å². The first kappa shape index (κ1) is 13.5. The molecule has 6 heteroatoms. The minimum atomic E-state index is -0.736. The minimum Gasteiger partial charge on any atom is -0.468 e. The molecule has 0 aromatic rings. The summed E-state index contributed by atoms with van der Waals surface area (Å²) in [6.07, 6.45) is 0.985. The molecule has 2 fully saturated rings. The summed E-state index contributed by atoms with van der Waals surface area (Å²) in [6, 6.07) is -0.0795. The number of piperidine rings is 1. The topological polar surface area (TPSA) is 65.1 Å². The Morgan fingerprint density at radius 3 is 2.78 bits per heavy atom. The van der Waals surface area contributed by atoms with Crippen LogP contribution in [0.2, 0.25) is 0 Å². The Hall–Kier alpha value is -0.980. The standard InChI is InChI=1S/C12H19NO5/c1-13-7-4-8(14)10(12(15)17-3)11(13)9(5-7)18-6-16-2/h7,9-11H,4-6H2,1-3H3/t7?,9?,10-,11?/m0/s1. The van der Waals surface area contributed by atoms with E-state index in [0.29, 0.717) is 6.42 Å². The third kappa shape index (κ3) is 2.15. The molecular formula is C12H19NO5. The summed E-state index contributed by atoms with van der Waals surface area (Å²) < 4.78 is 15.2. The third-order valence-electron chi connectivity index (χ3n) is 3.91. The van der Waals surface area contributed by atoms with Gasteiger partial charge in [-0.05, 0) is 13.5 Å². The number of ketones is 1. The van der Waals surface area contributed by atoms with Crippen LogP contribution in [0.5, 0.6) is 0 Å². The van der Waals surface area contributed by atoms with E-state index in [1.807, 2.05) is 7.05 Å². The number of hydrogen-bond donors (Lipinski definition) is 0. The quantitative estimate of drug-likeness (QED) is 0.395. The second-order valence-corrected chi connectivity index (χ2v) is 4.83. The van der Waals surface area contributed by atoms with Crippen molar-refractivity contribution in [2.45, 2.75) is 31.0 Å². The maximum absolute atomic E-state index is 12.0. The summed E-state index contributed by atoms with van der Waals surface area (Å²) in [5, 5.41) is 0. The van der Waals surface area contributed by atoms with Gasteiger partial charge in [0.2, 0.25) is 0 Å². The summed E-state index contributed by atoms with van der Waals surface area (Å²) in [7, 11) is 4.78. The van der Waals surface area contributed by atoms with E-state index >= 15 is 0 Å². The Kier molecular flexibility index (Phi) is 3.99. The Labute approximate surface area is 106 Å². The minimum absolute atomic E-state index is 0.0431. The van der Waals surface area contributed by atoms with Crippen molar-refractivity contribution in [3.8, 4) is 0 Å². The normalized spacial score (nSPS) is 35.8. The molecule has 3 unspecified atom stereocenters. The molecule has 0 spiro atoms. The number of likely N-dealkylation sites (N-methyl/N-ethyl adjacent to an activating group) is 1. The number of fused-ring (bicyclic) bond motifs is 2. The molecular weight excluding hydrogens is 238 g/mol. The van der Waals surface area contributed by atoms with E-state index in [9.17, 15) is 9.59 Å². The lowest BCUT2D eigenvalue weighted by molar-refractivity contribution is -0.158. The number of nitrogens with zero attached hydrogens (tertiary/aromatic N) is 1. The molecule has 2 saturated heterocycles. The van der Waals surface area contributed by atoms with Gasteiger partial charge in [0.25, 0.3) is 0 Å². The number of carbonyl (C=O) groups excluding carboxylic acids is 2. The van der Waals surface area contributed by atoms with Crippen molar-refractivity contribution in [1.82, 2.24) is 4.90 Å². The van der Waals surface area contributed by atoms with Crippen LogP contribution in [0.1, 0.15) is 12.8 Å². The number of ether oxygens (including phenoxy) is 3. The molecule has 0 aromatic heterocycles. The molecule has 0 radical (unpaired) electrons. The fraction of sp³-hybridized carbons (Fsp3) is 0.833. The predicted octanol–water partition coefficient (Wildman–Crippen LogP) is -0.190. The zero-order valence-corrected chi connectivity index (χ0v) is 10.9. The van der Waals surface area contributed by atoms with Crippen molar-refractivity contribution in [2.24, 2.45) is 5.92 Å². The third-order valence-corrected chi connectivity index (χ3v) is 3.91. The SMILES string of the molecule is COCOC1CC2CC(=O)[C@H](C(=O)OC)C1N2C. The van der Waals surface area contributed by atoms with Crippen LogP contribution in [0, 0.1) is 5.92 Å². The molecule has 0 aromatic carbocycles. The Balaban J connectivity index is 2.19. The van der Waals surface area contributed by atoms with E-state index in [0.717, 1.165) is 6.42 Å². The predicted molar refractivity (Wildman–Crippen MR) is 61.8 cm³/mol. The second-order valence-electron chi connectivity index (χ2n) is 4.83. The summed E-state index contributed by atoms with van der Waals surface area (Å²) in [5.41, 5.74) is 0. The number of methoxy groups -OCH3 is 2. The van der Waals surface area contributed by atoms with E-state index in [4.69, 9.17) is 14.2 Å². The van der Waals surface area contributed by atoms with Crippen LogP contribution in [0.3, 0.4) is 0 Å². The van der Waals surface area contributed by atoms with Crippen LogP contribution in [-0.2, 0) is 23.8 Å². The van der Waals surface area contributed by atoms with Gasteiger partial charge >= 0.3 is 5.97 Å². The lowest BCUT2D eigenvalue weighted by atomic mass is 9.88. The fourth-order valence-corrected chi connectivity index (χ4v) is 3.03. The van der Waals surface area contributed by atoms with Gasteiger partial charge in [0.1, 0.15) is 18.5 Å². The maximum atomic E-state index is 12.0. The average molecular weight is 257 g/mol. The molecule has 0 aliphatic carbocycles. The molecule has 2 bridgehead atoms. The smallest absolute Gasteiger partial charge is 0.317 e. The molecule has 0 amide bonds. The first-order valence-corrected chi connectivity index (χ1v) is 6.03. The largest absolute Gasteiger partial charge is 0.468 e. The highest BCUT2D eigenvalue weighted by Crippen LogP contribution is 2.38. The van der Waals surface area contributed by atoms with Crippen molar-refractivity contribution < 1.29 is 23.8 Å². The summed E-state index contributed by atoms with van der Waals surface area (Å²) >= 11 is 0. The lowest BCUT2D eigenvalue weighted by Crippen LogP contribution is -2.53. The van der Waals surface area contributed by atoms with Gasteiger partial charge in [-0.25, -0.2) is 0 Å². The van der Waals surface area contributed by atoms with Crippen LogP contribution in [0.4, 0.5) is 0 Å². The van der Waals surface area contributed by atoms with Gasteiger partial charge in [-0.2, -0.15) is 0 Å². The van der Waals surface area contributed by atoms with E-state index in [-0.39, 0.29) is 30.8 Å². The number of carbonyl (C=O) groups is 2. The highest BCUT2D eigenvalue weighted by atomic mass is 16.7. The Morgan fingerprint density at radius 2 is 2.17 bits per heavy atom. The van der Waals surface area contributed by atoms with Gasteiger partial charge in [0.15, 0.2) is 0 Å². The van der Waals surface area contributed by atoms with E-state index in [1.165, 1.54) is 7.11 Å². The molecule has 0 N–H and O–H groups in total. The summed E-state index contributed by atoms with van der Waals surface area (Å²) in [6.45, 7) is 0.170. The van der Waals surface area contributed by atoms with Gasteiger partial charge in [-0.15, -0.1) is 0 Å². The van der Waals surface area contributed by atoms with Crippen LogP contribution in [0.25, 0.3) is 0 Å². The van der Waals surface area contributed by atoms with Crippen LogP contribution >= 0.6 is 0 Å². The highest BCUT2D eigenvalue weighted by Gasteiger charge is 2.54. The van der Waals surface area contributed by atoms with Gasteiger partial charge < -0.3 is 14.2 Å². The lowest BCUT2D eigenvalue weighted by Gasteiger charge is -2.35. The summed E-state index contributed by atoms with van der Waals surface area (Å²) in [4.78, 5) is 25.8. The molecule has 2 aliphatic rings. The van der Waals surface area contributed by atoms with Crippen LogP contribution in [-0.4, -0.2) is 62.9 Å². The van der Waals surface area contributed by atoms with Crippen LogP contribution in [0.15, 0.2) is 0 Å². The molecule has 6 nitrogen and oxygen atoms in total. The summed E-state index contributed by atoms with van der Waals surface area (Å²) in [5.74, 6) is -1.25. The number of Topliss-reactive ketones (excluding diaryl/α,β-unsaturated/α-hetero) is 1. The first-order valence-electron chi connectivity index (χ1n) is 6.03. The van der Waals surface area contributed by atoms with Gasteiger partial charge in [0.05, 0.1) is 19.3 Å².